The summed E-state index contributed by atoms with van der Waals surface area (Å²) in [6.45, 7) is 0.0782. The number of fused-ring (bicyclic) bond motifs is 1. The lowest BCUT2D eigenvalue weighted by Crippen LogP contribution is -2.14. The van der Waals surface area contributed by atoms with Crippen LogP contribution in [0.15, 0.2) is 6.33 Å². The topological polar surface area (TPSA) is 104 Å². The molecule has 0 radical (unpaired) electrons. The number of aromatic nitrogens is 4. The highest BCUT2D eigenvalue weighted by Crippen LogP contribution is 2.18. The molecular formula is C10H12ClN5O2. The number of anilines is 1. The van der Waals surface area contributed by atoms with Crippen LogP contribution in [0.25, 0.3) is 11.2 Å². The Hall–Kier alpha value is -1.73. The second kappa shape index (κ2) is 5.74. The van der Waals surface area contributed by atoms with Crippen LogP contribution in [0.5, 0.6) is 0 Å². The molecule has 96 valence electrons. The van der Waals surface area contributed by atoms with Crippen LogP contribution in [0.2, 0.25) is 5.15 Å². The Labute approximate surface area is 108 Å². The van der Waals surface area contributed by atoms with Crippen LogP contribution in [-0.4, -0.2) is 37.6 Å². The van der Waals surface area contributed by atoms with Gasteiger partial charge in [0.25, 0.3) is 0 Å². The summed E-state index contributed by atoms with van der Waals surface area (Å²) in [6, 6.07) is 0. The molecular weight excluding hydrogens is 258 g/mol. The van der Waals surface area contributed by atoms with E-state index in [1.807, 2.05) is 0 Å². The van der Waals surface area contributed by atoms with Crippen molar-refractivity contribution >= 4 is 34.6 Å². The van der Waals surface area contributed by atoms with E-state index in [9.17, 15) is 4.79 Å². The number of halogens is 1. The van der Waals surface area contributed by atoms with Gasteiger partial charge in [0.1, 0.15) is 5.52 Å². The first-order valence-electron chi connectivity index (χ1n) is 5.48. The summed E-state index contributed by atoms with van der Waals surface area (Å²) < 4.78 is 0. The molecule has 3 N–H and O–H groups in total. The zero-order valence-corrected chi connectivity index (χ0v) is 10.2. The minimum Gasteiger partial charge on any atom is -0.396 e. The number of unbranched alkanes of at least 4 members (excludes halogenated alkanes) is 1. The van der Waals surface area contributed by atoms with E-state index < -0.39 is 0 Å². The molecule has 7 nitrogen and oxygen atoms in total. The van der Waals surface area contributed by atoms with Gasteiger partial charge in [-0.2, -0.15) is 9.97 Å². The van der Waals surface area contributed by atoms with E-state index in [1.54, 1.807) is 0 Å². The number of aliphatic hydroxyl groups excluding tert-OH is 1. The number of rotatable bonds is 5. The van der Waals surface area contributed by atoms with E-state index >= 15 is 0 Å². The molecule has 2 aromatic rings. The van der Waals surface area contributed by atoms with Crippen LogP contribution in [0, 0.1) is 0 Å². The molecule has 0 atom stereocenters. The third-order valence-corrected chi connectivity index (χ3v) is 2.58. The summed E-state index contributed by atoms with van der Waals surface area (Å²) in [6.07, 6.45) is 2.96. The van der Waals surface area contributed by atoms with Crippen molar-refractivity contribution < 1.29 is 9.90 Å². The predicted molar refractivity (Wildman–Crippen MR) is 66.3 cm³/mol. The molecule has 0 fully saturated rings. The van der Waals surface area contributed by atoms with Crippen molar-refractivity contribution in [1.82, 2.24) is 19.9 Å². The van der Waals surface area contributed by atoms with Crippen LogP contribution in [0.4, 0.5) is 5.95 Å². The van der Waals surface area contributed by atoms with Gasteiger partial charge in [0.05, 0.1) is 6.33 Å². The molecule has 2 rings (SSSR count). The number of aromatic amines is 1. The lowest BCUT2D eigenvalue weighted by atomic mass is 10.2. The molecule has 0 saturated carbocycles. The molecule has 0 saturated heterocycles. The van der Waals surface area contributed by atoms with Gasteiger partial charge in [-0.1, -0.05) is 11.6 Å². The number of nitrogens with zero attached hydrogens (tertiary/aromatic N) is 3. The van der Waals surface area contributed by atoms with Gasteiger partial charge in [0.2, 0.25) is 11.9 Å². The van der Waals surface area contributed by atoms with Crippen LogP contribution in [0.1, 0.15) is 19.3 Å². The molecule has 18 heavy (non-hydrogen) atoms. The van der Waals surface area contributed by atoms with Gasteiger partial charge in [-0.25, -0.2) is 4.98 Å². The molecule has 0 aliphatic heterocycles. The van der Waals surface area contributed by atoms with Crippen molar-refractivity contribution in [2.45, 2.75) is 19.3 Å². The standard InChI is InChI=1S/C10H12ClN5O2/c11-8-7-9(13-5-12-7)16-10(15-8)14-6(18)3-1-2-4-17/h5,17H,1-4H2,(H2,12,13,14,15,16,18). The summed E-state index contributed by atoms with van der Waals surface area (Å²) in [5, 5.41) is 11.4. The Bertz CT molecular complexity index is 556. The minimum absolute atomic E-state index is 0.0782. The van der Waals surface area contributed by atoms with Crippen molar-refractivity contribution in [2.24, 2.45) is 0 Å². The van der Waals surface area contributed by atoms with Gasteiger partial charge in [-0.15, -0.1) is 0 Å². The first-order valence-corrected chi connectivity index (χ1v) is 5.86. The van der Waals surface area contributed by atoms with Gasteiger partial charge in [0.15, 0.2) is 10.8 Å². The van der Waals surface area contributed by atoms with E-state index in [0.717, 1.165) is 0 Å². The van der Waals surface area contributed by atoms with Gasteiger partial charge in [-0.05, 0) is 12.8 Å². The predicted octanol–water partition coefficient (Wildman–Crippen LogP) is 1.11. The Kier molecular flexibility index (Phi) is 4.06. The monoisotopic (exact) mass is 269 g/mol. The maximum atomic E-state index is 11.5. The number of aliphatic hydroxyl groups is 1. The Morgan fingerprint density at radius 2 is 2.28 bits per heavy atom. The van der Waals surface area contributed by atoms with Gasteiger partial charge in [-0.3, -0.25) is 10.1 Å². The highest BCUT2D eigenvalue weighted by molar-refractivity contribution is 6.33. The van der Waals surface area contributed by atoms with E-state index in [4.69, 9.17) is 16.7 Å². The summed E-state index contributed by atoms with van der Waals surface area (Å²) in [5.41, 5.74) is 0.940. The Morgan fingerprint density at radius 3 is 3.06 bits per heavy atom. The Balaban J connectivity index is 2.05. The minimum atomic E-state index is -0.214. The molecule has 0 bridgehead atoms. The van der Waals surface area contributed by atoms with E-state index in [2.05, 4.69) is 25.3 Å². The highest BCUT2D eigenvalue weighted by atomic mass is 35.5. The fourth-order valence-corrected chi connectivity index (χ4v) is 1.66. The highest BCUT2D eigenvalue weighted by Gasteiger charge is 2.10. The van der Waals surface area contributed by atoms with Gasteiger partial charge >= 0.3 is 0 Å². The number of amides is 1. The lowest BCUT2D eigenvalue weighted by molar-refractivity contribution is -0.116. The van der Waals surface area contributed by atoms with Crippen LogP contribution in [-0.2, 0) is 4.79 Å². The van der Waals surface area contributed by atoms with Crippen molar-refractivity contribution in [3.63, 3.8) is 0 Å². The third kappa shape index (κ3) is 2.93. The molecule has 0 aromatic carbocycles. The zero-order chi connectivity index (χ0) is 13.0. The molecule has 0 aliphatic rings. The SMILES string of the molecule is O=C(CCCCO)Nc1nc(Cl)c2[nH]cnc2n1. The molecule has 1 amide bonds. The number of hydrogen-bond donors (Lipinski definition) is 3. The van der Waals surface area contributed by atoms with E-state index in [1.165, 1.54) is 6.33 Å². The first-order chi connectivity index (χ1) is 8.70. The summed E-state index contributed by atoms with van der Waals surface area (Å²) in [7, 11) is 0. The van der Waals surface area contributed by atoms with Crippen molar-refractivity contribution in [3.8, 4) is 0 Å². The van der Waals surface area contributed by atoms with Crippen LogP contribution in [0.3, 0.4) is 0 Å². The molecule has 2 heterocycles. The van der Waals surface area contributed by atoms with E-state index in [-0.39, 0.29) is 23.6 Å². The normalized spacial score (nSPS) is 10.8. The Morgan fingerprint density at radius 1 is 1.44 bits per heavy atom. The summed E-state index contributed by atoms with van der Waals surface area (Å²) >= 11 is 5.91. The largest absolute Gasteiger partial charge is 0.396 e. The second-order valence-electron chi connectivity index (χ2n) is 3.67. The van der Waals surface area contributed by atoms with Gasteiger partial charge in [0, 0.05) is 13.0 Å². The number of nitrogens with one attached hydrogen (secondary N) is 2. The van der Waals surface area contributed by atoms with Crippen LogP contribution >= 0.6 is 11.6 Å². The fourth-order valence-electron chi connectivity index (χ4n) is 1.44. The summed E-state index contributed by atoms with van der Waals surface area (Å²) in [4.78, 5) is 26.3. The maximum Gasteiger partial charge on any atom is 0.233 e. The van der Waals surface area contributed by atoms with E-state index in [0.29, 0.717) is 30.4 Å². The van der Waals surface area contributed by atoms with Crippen molar-refractivity contribution in [3.05, 3.63) is 11.5 Å². The van der Waals surface area contributed by atoms with Gasteiger partial charge < -0.3 is 10.1 Å². The lowest BCUT2D eigenvalue weighted by Gasteiger charge is -2.03. The summed E-state index contributed by atoms with van der Waals surface area (Å²) in [5.74, 6) is -0.0806. The van der Waals surface area contributed by atoms with Crippen LogP contribution < -0.4 is 5.32 Å². The number of H-pyrrole nitrogens is 1. The third-order valence-electron chi connectivity index (χ3n) is 2.30. The molecule has 0 spiro atoms. The maximum absolute atomic E-state index is 11.5. The van der Waals surface area contributed by atoms with Crippen molar-refractivity contribution in [2.75, 3.05) is 11.9 Å². The smallest absolute Gasteiger partial charge is 0.233 e. The number of imidazole rings is 1. The number of carbonyl (C=O) groups is 1. The molecule has 0 unspecified atom stereocenters. The first kappa shape index (κ1) is 12.7. The average Bonchev–Trinajstić information content (AvgIpc) is 2.78. The molecule has 0 aliphatic carbocycles. The zero-order valence-electron chi connectivity index (χ0n) is 9.48. The number of hydrogen-bond acceptors (Lipinski definition) is 5. The molecule has 2 aromatic heterocycles. The van der Waals surface area contributed by atoms with Crippen molar-refractivity contribution in [1.29, 1.82) is 0 Å². The quantitative estimate of drug-likeness (QED) is 0.557. The molecule has 8 heteroatoms. The fraction of sp³-hybridized carbons (Fsp3) is 0.400. The number of carbonyl (C=O) groups excluding carboxylic acids is 1. The second-order valence-corrected chi connectivity index (χ2v) is 4.03. The average molecular weight is 270 g/mol.